The summed E-state index contributed by atoms with van der Waals surface area (Å²) in [5.41, 5.74) is 4.15. The van der Waals surface area contributed by atoms with Crippen molar-refractivity contribution in [3.8, 4) is 0 Å². The van der Waals surface area contributed by atoms with Crippen LogP contribution in [0.25, 0.3) is 0 Å². The number of esters is 1. The Morgan fingerprint density at radius 1 is 1.18 bits per heavy atom. The highest BCUT2D eigenvalue weighted by atomic mass is 16.7. The van der Waals surface area contributed by atoms with Crippen LogP contribution in [0.3, 0.4) is 0 Å². The second kappa shape index (κ2) is 12.9. The number of nitrogens with two attached hydrogens (primary N) is 2. The van der Waals surface area contributed by atoms with E-state index in [4.69, 9.17) is 15.2 Å². The van der Waals surface area contributed by atoms with Gasteiger partial charge in [0.15, 0.2) is 17.2 Å². The van der Waals surface area contributed by atoms with Crippen LogP contribution < -0.4 is 11.1 Å². The summed E-state index contributed by atoms with van der Waals surface area (Å²) in [6.07, 6.45) is 14.1. The maximum atomic E-state index is 14.2. The van der Waals surface area contributed by atoms with E-state index in [1.165, 1.54) is 12.0 Å². The van der Waals surface area contributed by atoms with Gasteiger partial charge >= 0.3 is 5.97 Å². The molecule has 2 saturated carbocycles. The zero-order valence-electron chi connectivity index (χ0n) is 24.8. The first kappa shape index (κ1) is 30.4. The van der Waals surface area contributed by atoms with Crippen molar-refractivity contribution >= 4 is 17.5 Å². The van der Waals surface area contributed by atoms with Gasteiger partial charge in [0, 0.05) is 24.7 Å². The Morgan fingerprint density at radius 2 is 1.97 bits per heavy atom. The third-order valence-electron chi connectivity index (χ3n) is 9.90. The van der Waals surface area contributed by atoms with Gasteiger partial charge in [-0.2, -0.15) is 0 Å². The fourth-order valence-corrected chi connectivity index (χ4v) is 7.74. The second-order valence-corrected chi connectivity index (χ2v) is 13.4. The molecule has 0 spiro atoms. The summed E-state index contributed by atoms with van der Waals surface area (Å²) < 4.78 is 11.9. The zero-order valence-corrected chi connectivity index (χ0v) is 24.8. The van der Waals surface area contributed by atoms with E-state index in [0.29, 0.717) is 18.3 Å². The van der Waals surface area contributed by atoms with E-state index in [1.54, 1.807) is 0 Å². The highest BCUT2D eigenvalue weighted by Gasteiger charge is 2.87. The first-order valence-electron chi connectivity index (χ1n) is 15.9. The molecule has 7 atom stereocenters. The summed E-state index contributed by atoms with van der Waals surface area (Å²) in [6, 6.07) is 0. The van der Waals surface area contributed by atoms with Crippen LogP contribution >= 0.6 is 0 Å². The number of carbonyl (C=O) groups excluding carboxylic acids is 3. The quantitative estimate of drug-likeness (QED) is 0.118. The number of fused-ring (bicyclic) bond motifs is 2. The van der Waals surface area contributed by atoms with Crippen LogP contribution in [0.1, 0.15) is 111 Å². The van der Waals surface area contributed by atoms with E-state index >= 15 is 0 Å². The van der Waals surface area contributed by atoms with Crippen LogP contribution in [0.2, 0.25) is 0 Å². The molecule has 220 valence electrons. The lowest BCUT2D eigenvalue weighted by Gasteiger charge is -2.42. The van der Waals surface area contributed by atoms with E-state index < -0.39 is 23.1 Å². The molecule has 4 aliphatic rings. The molecule has 7 unspecified atom stereocenters. The fourth-order valence-electron chi connectivity index (χ4n) is 7.74. The van der Waals surface area contributed by atoms with Crippen LogP contribution in [0.4, 0.5) is 0 Å². The standard InChI is InChI=1S/C32H52N2O5/c1-5-6-7-8-18-38-30(37)32-29(36)27-24(19-21(2)3)10-9-11-25(27)28(35)31(32,39-32)16-14-22(4)12-13-23-15-17-34-26(33)20-23/h14,21,23-27,34H,5-13,15-20,33H2,1-4H3/p+1. The van der Waals surface area contributed by atoms with E-state index in [-0.39, 0.29) is 42.6 Å². The van der Waals surface area contributed by atoms with Gasteiger partial charge < -0.3 is 14.8 Å². The lowest BCUT2D eigenvalue weighted by molar-refractivity contribution is -0.699. The molecule has 0 radical (unpaired) electrons. The van der Waals surface area contributed by atoms with Crippen molar-refractivity contribution in [2.24, 2.45) is 35.3 Å². The first-order chi connectivity index (χ1) is 18.7. The molecule has 2 aliphatic carbocycles. The molecular formula is C32H53N2O5+. The molecule has 0 amide bonds. The van der Waals surface area contributed by atoms with Crippen molar-refractivity contribution in [2.75, 3.05) is 13.2 Å². The van der Waals surface area contributed by atoms with E-state index in [0.717, 1.165) is 70.8 Å². The Bertz CT molecular complexity index is 932. The molecule has 39 heavy (non-hydrogen) atoms. The summed E-state index contributed by atoms with van der Waals surface area (Å²) in [7, 11) is 0. The lowest BCUT2D eigenvalue weighted by atomic mass is 9.57. The SMILES string of the molecule is CCCCCCOC(=O)C12OC1(CC=C(C)CCC1CC[NH2+]C(N)C1)C(=O)C1CCCC(CC(C)C)C1C2=O. The van der Waals surface area contributed by atoms with Crippen molar-refractivity contribution in [3.63, 3.8) is 0 Å². The molecule has 4 rings (SSSR count). The van der Waals surface area contributed by atoms with Crippen LogP contribution in [0.5, 0.6) is 0 Å². The van der Waals surface area contributed by atoms with Crippen molar-refractivity contribution in [1.82, 2.24) is 0 Å². The van der Waals surface area contributed by atoms with Gasteiger partial charge in [0.1, 0.15) is 6.17 Å². The van der Waals surface area contributed by atoms with Crippen molar-refractivity contribution in [1.29, 1.82) is 0 Å². The predicted octanol–water partition coefficient (Wildman–Crippen LogP) is 4.22. The lowest BCUT2D eigenvalue weighted by Crippen LogP contribution is -2.94. The zero-order chi connectivity index (χ0) is 28.2. The average Bonchev–Trinajstić information content (AvgIpc) is 3.61. The monoisotopic (exact) mass is 545 g/mol. The van der Waals surface area contributed by atoms with Gasteiger partial charge in [0.05, 0.1) is 13.2 Å². The molecule has 2 saturated heterocycles. The molecule has 7 heteroatoms. The predicted molar refractivity (Wildman–Crippen MR) is 151 cm³/mol. The Labute approximate surface area is 235 Å². The molecule has 7 nitrogen and oxygen atoms in total. The number of rotatable bonds is 13. The molecule has 0 aromatic heterocycles. The summed E-state index contributed by atoms with van der Waals surface area (Å²) >= 11 is 0. The van der Waals surface area contributed by atoms with Crippen molar-refractivity contribution in [2.45, 2.75) is 129 Å². The molecule has 4 fully saturated rings. The summed E-state index contributed by atoms with van der Waals surface area (Å²) in [5, 5.41) is 2.21. The van der Waals surface area contributed by atoms with Crippen molar-refractivity contribution < 1.29 is 29.2 Å². The fraction of sp³-hybridized carbons (Fsp3) is 0.844. The smallest absolute Gasteiger partial charge is 0.349 e. The average molecular weight is 546 g/mol. The number of ketones is 2. The number of carbonyl (C=O) groups is 3. The van der Waals surface area contributed by atoms with E-state index in [9.17, 15) is 14.4 Å². The van der Waals surface area contributed by atoms with Gasteiger partial charge in [-0.15, -0.1) is 0 Å². The third-order valence-corrected chi connectivity index (χ3v) is 9.90. The van der Waals surface area contributed by atoms with Crippen molar-refractivity contribution in [3.05, 3.63) is 11.6 Å². The van der Waals surface area contributed by atoms with Gasteiger partial charge in [-0.1, -0.05) is 58.1 Å². The van der Waals surface area contributed by atoms with Gasteiger partial charge in [0.25, 0.3) is 5.60 Å². The minimum atomic E-state index is -1.76. The molecule has 0 bridgehead atoms. The summed E-state index contributed by atoms with van der Waals surface area (Å²) in [5.74, 6) is -0.491. The number of Topliss-reactive ketones (excluding diaryl/α,β-unsaturated/α-hetero) is 2. The molecular weight excluding hydrogens is 492 g/mol. The molecule has 2 aliphatic heterocycles. The maximum Gasteiger partial charge on any atom is 0.349 e. The number of hydrogen-bond acceptors (Lipinski definition) is 6. The molecule has 2 heterocycles. The number of ether oxygens (including phenoxy) is 2. The van der Waals surface area contributed by atoms with E-state index in [1.807, 2.05) is 6.08 Å². The topological polar surface area (TPSA) is 116 Å². The third kappa shape index (κ3) is 6.20. The maximum absolute atomic E-state index is 14.2. The number of piperidine rings is 1. The normalized spacial score (nSPS) is 36.5. The second-order valence-electron chi connectivity index (χ2n) is 13.4. The number of epoxide rings is 1. The number of unbranched alkanes of at least 4 members (excludes halogenated alkanes) is 3. The number of hydrogen-bond donors (Lipinski definition) is 2. The number of allylic oxidation sites excluding steroid dienone is 1. The van der Waals surface area contributed by atoms with Gasteiger partial charge in [0.2, 0.25) is 0 Å². The van der Waals surface area contributed by atoms with E-state index in [2.05, 4.69) is 33.0 Å². The minimum absolute atomic E-state index is 0.0404. The van der Waals surface area contributed by atoms with Crippen LogP contribution in [-0.4, -0.2) is 48.1 Å². The Morgan fingerprint density at radius 3 is 2.69 bits per heavy atom. The van der Waals surface area contributed by atoms with Gasteiger partial charge in [-0.05, 0) is 69.6 Å². The Balaban J connectivity index is 1.52. The largest absolute Gasteiger partial charge is 0.463 e. The Hall–Kier alpha value is -1.57. The molecule has 0 aromatic carbocycles. The first-order valence-corrected chi connectivity index (χ1v) is 15.9. The highest BCUT2D eigenvalue weighted by Crippen LogP contribution is 2.62. The van der Waals surface area contributed by atoms with Crippen LogP contribution in [0, 0.1) is 29.6 Å². The van der Waals surface area contributed by atoms with Crippen LogP contribution in [0.15, 0.2) is 11.6 Å². The molecule has 0 aromatic rings. The minimum Gasteiger partial charge on any atom is -0.463 e. The summed E-state index contributed by atoms with van der Waals surface area (Å²) in [4.78, 5) is 42.0. The Kier molecular flexibility index (Phi) is 10.1. The highest BCUT2D eigenvalue weighted by molar-refractivity contribution is 6.23. The van der Waals surface area contributed by atoms with Crippen LogP contribution in [-0.2, 0) is 23.9 Å². The van der Waals surface area contributed by atoms with Gasteiger partial charge in [-0.3, -0.25) is 15.3 Å². The number of quaternary nitrogens is 1. The summed E-state index contributed by atoms with van der Waals surface area (Å²) in [6.45, 7) is 9.87. The molecule has 4 N–H and O–H groups in total. The van der Waals surface area contributed by atoms with Gasteiger partial charge in [-0.25, -0.2) is 4.79 Å².